The molecule has 1 aliphatic heterocycles. The van der Waals surface area contributed by atoms with Gasteiger partial charge in [-0.05, 0) is 37.6 Å². The second-order valence-electron chi connectivity index (χ2n) is 6.22. The van der Waals surface area contributed by atoms with Crippen LogP contribution < -0.4 is 5.32 Å². The van der Waals surface area contributed by atoms with E-state index in [0.717, 1.165) is 0 Å². The highest BCUT2D eigenvalue weighted by atomic mass is 19.1. The number of carboxylic acid groups (broad SMARTS) is 2. The lowest BCUT2D eigenvalue weighted by Gasteiger charge is -2.34. The zero-order valence-electron chi connectivity index (χ0n) is 14.0. The first-order valence-corrected chi connectivity index (χ1v) is 7.94. The van der Waals surface area contributed by atoms with E-state index in [1.807, 2.05) is 0 Å². The summed E-state index contributed by atoms with van der Waals surface area (Å²) in [6.07, 6.45) is 0.321. The molecule has 0 spiro atoms. The minimum absolute atomic E-state index is 0.0445. The van der Waals surface area contributed by atoms with E-state index >= 15 is 0 Å². The number of hydrogen-bond donors (Lipinski definition) is 3. The van der Waals surface area contributed by atoms with Gasteiger partial charge in [0.2, 0.25) is 5.91 Å². The predicted molar refractivity (Wildman–Crippen MR) is 86.3 cm³/mol. The lowest BCUT2D eigenvalue weighted by Crippen LogP contribution is -2.48. The lowest BCUT2D eigenvalue weighted by molar-refractivity contribution is -0.150. The van der Waals surface area contributed by atoms with Gasteiger partial charge in [0.15, 0.2) is 0 Å². The van der Waals surface area contributed by atoms with Crippen LogP contribution in [0.25, 0.3) is 0 Å². The average molecular weight is 352 g/mol. The summed E-state index contributed by atoms with van der Waals surface area (Å²) in [7, 11) is 1.62. The second-order valence-corrected chi connectivity index (χ2v) is 6.22. The first-order chi connectivity index (χ1) is 11.7. The van der Waals surface area contributed by atoms with E-state index in [-0.39, 0.29) is 12.8 Å². The third-order valence-electron chi connectivity index (χ3n) is 4.98. The molecular weight excluding hydrogens is 331 g/mol. The molecule has 1 aliphatic rings. The smallest absolute Gasteiger partial charge is 0.324 e. The fraction of sp³-hybridized carbons (Fsp3) is 0.471. The molecule has 0 saturated carbocycles. The van der Waals surface area contributed by atoms with Gasteiger partial charge in [0.05, 0.1) is 5.92 Å². The Bertz CT molecular complexity index is 678. The maximum absolute atomic E-state index is 13.2. The summed E-state index contributed by atoms with van der Waals surface area (Å²) in [4.78, 5) is 36.7. The quantitative estimate of drug-likeness (QED) is 0.711. The van der Waals surface area contributed by atoms with Gasteiger partial charge in [-0.1, -0.05) is 19.1 Å². The van der Waals surface area contributed by atoms with Crippen molar-refractivity contribution in [1.82, 2.24) is 10.2 Å². The second kappa shape index (κ2) is 7.18. The predicted octanol–water partition coefficient (Wildman–Crippen LogP) is 1.25. The number of benzene rings is 1. The van der Waals surface area contributed by atoms with Crippen LogP contribution in [0.5, 0.6) is 0 Å². The van der Waals surface area contributed by atoms with Crippen LogP contribution in [0, 0.1) is 11.7 Å². The molecule has 0 radical (unpaired) electrons. The van der Waals surface area contributed by atoms with Crippen molar-refractivity contribution in [3.05, 3.63) is 35.6 Å². The van der Waals surface area contributed by atoms with Crippen LogP contribution >= 0.6 is 0 Å². The number of likely N-dealkylation sites (tertiary alicyclic amines) is 1. The van der Waals surface area contributed by atoms with Gasteiger partial charge in [0.1, 0.15) is 17.9 Å². The summed E-state index contributed by atoms with van der Waals surface area (Å²) in [6.45, 7) is 1.19. The summed E-state index contributed by atoms with van der Waals surface area (Å²) in [5.74, 6) is -3.95. The Hall–Kier alpha value is -2.48. The number of likely N-dealkylation sites (N-methyl/N-ethyl adjacent to an activating group) is 1. The Morgan fingerprint density at radius 3 is 2.36 bits per heavy atom. The van der Waals surface area contributed by atoms with Gasteiger partial charge in [-0.3, -0.25) is 19.3 Å². The van der Waals surface area contributed by atoms with Gasteiger partial charge in [0.25, 0.3) is 0 Å². The van der Waals surface area contributed by atoms with E-state index in [1.54, 1.807) is 18.9 Å². The number of carbonyl (C=O) groups excluding carboxylic acids is 1. The summed E-state index contributed by atoms with van der Waals surface area (Å²) in [6, 6.07) is 4.94. The van der Waals surface area contributed by atoms with E-state index in [9.17, 15) is 23.9 Å². The molecular formula is C17H21FN2O5. The highest BCUT2D eigenvalue weighted by molar-refractivity contribution is 5.87. The number of amides is 1. The molecule has 3 atom stereocenters. The molecule has 1 amide bonds. The van der Waals surface area contributed by atoms with Crippen molar-refractivity contribution in [2.45, 2.75) is 31.3 Å². The molecule has 8 heteroatoms. The first-order valence-electron chi connectivity index (χ1n) is 7.94. The zero-order chi connectivity index (χ0) is 18.8. The number of halogens is 1. The molecule has 0 bridgehead atoms. The number of carbonyl (C=O) groups is 3. The van der Waals surface area contributed by atoms with Crippen LogP contribution in [0.15, 0.2) is 24.3 Å². The van der Waals surface area contributed by atoms with Gasteiger partial charge in [-0.15, -0.1) is 0 Å². The number of nitrogens with zero attached hydrogens (tertiary/aromatic N) is 1. The topological polar surface area (TPSA) is 107 Å². The van der Waals surface area contributed by atoms with E-state index in [4.69, 9.17) is 5.11 Å². The molecule has 1 saturated heterocycles. The van der Waals surface area contributed by atoms with Crippen LogP contribution in [0.4, 0.5) is 4.39 Å². The highest BCUT2D eigenvalue weighted by Crippen LogP contribution is 2.47. The number of rotatable bonds is 6. The fourth-order valence-corrected chi connectivity index (χ4v) is 3.58. The highest BCUT2D eigenvalue weighted by Gasteiger charge is 2.56. The SMILES string of the molecule is CC[C@]1(C(=O)O)C[C@@H](C(=O)NCC(=O)O)[C@@H](c2ccc(F)cc2)N1C. The summed E-state index contributed by atoms with van der Waals surface area (Å²) in [5, 5.41) is 20.8. The Morgan fingerprint density at radius 2 is 1.88 bits per heavy atom. The molecule has 2 rings (SSSR count). The van der Waals surface area contributed by atoms with E-state index in [2.05, 4.69) is 5.32 Å². The third kappa shape index (κ3) is 3.48. The number of aliphatic carboxylic acids is 2. The van der Waals surface area contributed by atoms with E-state index in [0.29, 0.717) is 5.56 Å². The van der Waals surface area contributed by atoms with Crippen molar-refractivity contribution in [3.63, 3.8) is 0 Å². The standard InChI is InChI=1S/C17H21FN2O5/c1-3-17(16(24)25)8-12(15(23)19-9-13(21)22)14(20(17)2)10-4-6-11(18)7-5-10/h4-7,12,14H,3,8-9H2,1-2H3,(H,19,23)(H,21,22)(H,24,25)/t12-,14-,17-/m1/s1. The van der Waals surface area contributed by atoms with Crippen LogP contribution in [-0.2, 0) is 14.4 Å². The van der Waals surface area contributed by atoms with Crippen molar-refractivity contribution in [2.24, 2.45) is 5.92 Å². The molecule has 3 N–H and O–H groups in total. The van der Waals surface area contributed by atoms with Gasteiger partial charge in [-0.2, -0.15) is 0 Å². The molecule has 1 aromatic rings. The third-order valence-corrected chi connectivity index (χ3v) is 4.98. The normalized spacial score (nSPS) is 26.4. The fourth-order valence-electron chi connectivity index (χ4n) is 3.58. The van der Waals surface area contributed by atoms with Crippen molar-refractivity contribution < 1.29 is 29.0 Å². The molecule has 25 heavy (non-hydrogen) atoms. The van der Waals surface area contributed by atoms with Gasteiger partial charge >= 0.3 is 11.9 Å². The zero-order valence-corrected chi connectivity index (χ0v) is 14.0. The Morgan fingerprint density at radius 1 is 1.28 bits per heavy atom. The number of nitrogens with one attached hydrogen (secondary N) is 1. The van der Waals surface area contributed by atoms with Crippen molar-refractivity contribution >= 4 is 17.8 Å². The minimum atomic E-state index is -1.25. The van der Waals surface area contributed by atoms with Crippen molar-refractivity contribution in [1.29, 1.82) is 0 Å². The Balaban J connectivity index is 2.42. The number of hydrogen-bond acceptors (Lipinski definition) is 4. The van der Waals surface area contributed by atoms with Gasteiger partial charge in [-0.25, -0.2) is 4.39 Å². The first kappa shape index (κ1) is 18.9. The molecule has 136 valence electrons. The Kier molecular flexibility index (Phi) is 5.42. The summed E-state index contributed by atoms with van der Waals surface area (Å²) < 4.78 is 13.2. The molecule has 1 heterocycles. The van der Waals surface area contributed by atoms with Crippen LogP contribution in [0.1, 0.15) is 31.4 Å². The lowest BCUT2D eigenvalue weighted by atomic mass is 9.87. The van der Waals surface area contributed by atoms with Crippen LogP contribution in [0.3, 0.4) is 0 Å². The summed E-state index contributed by atoms with van der Waals surface area (Å²) in [5.41, 5.74) is -0.638. The molecule has 7 nitrogen and oxygen atoms in total. The molecule has 1 fully saturated rings. The molecule has 0 unspecified atom stereocenters. The largest absolute Gasteiger partial charge is 0.480 e. The van der Waals surface area contributed by atoms with Crippen LogP contribution in [-0.4, -0.2) is 52.1 Å². The molecule has 1 aromatic carbocycles. The van der Waals surface area contributed by atoms with Gasteiger partial charge in [0, 0.05) is 6.04 Å². The average Bonchev–Trinajstić information content (AvgIpc) is 2.87. The van der Waals surface area contributed by atoms with Gasteiger partial charge < -0.3 is 15.5 Å². The van der Waals surface area contributed by atoms with Crippen LogP contribution in [0.2, 0.25) is 0 Å². The van der Waals surface area contributed by atoms with Crippen molar-refractivity contribution in [2.75, 3.05) is 13.6 Å². The van der Waals surface area contributed by atoms with Crippen molar-refractivity contribution in [3.8, 4) is 0 Å². The number of carboxylic acids is 2. The van der Waals surface area contributed by atoms with E-state index in [1.165, 1.54) is 24.3 Å². The molecule has 0 aromatic heterocycles. The minimum Gasteiger partial charge on any atom is -0.480 e. The monoisotopic (exact) mass is 352 g/mol. The van der Waals surface area contributed by atoms with E-state index < -0.39 is 47.7 Å². The Labute approximate surface area is 144 Å². The maximum atomic E-state index is 13.2. The maximum Gasteiger partial charge on any atom is 0.324 e. The molecule has 0 aliphatic carbocycles. The summed E-state index contributed by atoms with van der Waals surface area (Å²) >= 11 is 0.